The highest BCUT2D eigenvalue weighted by Crippen LogP contribution is 2.24. The SMILES string of the molecule is CCNC(=NCc1c(C)nn(C)c1C)NCC(c1ccco1)N1CCCC1. The van der Waals surface area contributed by atoms with Crippen molar-refractivity contribution in [1.82, 2.24) is 25.3 Å². The van der Waals surface area contributed by atoms with Gasteiger partial charge in [0, 0.05) is 31.4 Å². The third kappa shape index (κ3) is 4.71. The Hall–Kier alpha value is -2.28. The Morgan fingerprint density at radius 2 is 2.07 bits per heavy atom. The first-order chi connectivity index (χ1) is 13.1. The van der Waals surface area contributed by atoms with Crippen LogP contribution < -0.4 is 10.6 Å². The van der Waals surface area contributed by atoms with Gasteiger partial charge in [-0.3, -0.25) is 9.58 Å². The van der Waals surface area contributed by atoms with E-state index in [1.54, 1.807) is 6.26 Å². The van der Waals surface area contributed by atoms with Crippen LogP contribution in [0.25, 0.3) is 0 Å². The minimum atomic E-state index is 0.230. The van der Waals surface area contributed by atoms with Crippen molar-refractivity contribution >= 4 is 5.96 Å². The number of aromatic nitrogens is 2. The molecule has 0 radical (unpaired) electrons. The molecule has 2 aromatic rings. The zero-order valence-corrected chi connectivity index (χ0v) is 17.0. The number of hydrogen-bond donors (Lipinski definition) is 2. The van der Waals surface area contributed by atoms with E-state index >= 15 is 0 Å². The third-order valence-corrected chi connectivity index (χ3v) is 5.31. The largest absolute Gasteiger partial charge is 0.468 e. The maximum absolute atomic E-state index is 5.71. The van der Waals surface area contributed by atoms with E-state index in [1.165, 1.54) is 18.4 Å². The topological polar surface area (TPSA) is 70.6 Å². The van der Waals surface area contributed by atoms with Crippen molar-refractivity contribution in [3.63, 3.8) is 0 Å². The summed E-state index contributed by atoms with van der Waals surface area (Å²) in [4.78, 5) is 7.28. The van der Waals surface area contributed by atoms with Crippen molar-refractivity contribution in [2.24, 2.45) is 12.0 Å². The highest BCUT2D eigenvalue weighted by atomic mass is 16.3. The first-order valence-electron chi connectivity index (χ1n) is 9.88. The smallest absolute Gasteiger partial charge is 0.191 e. The van der Waals surface area contributed by atoms with Gasteiger partial charge in [-0.25, -0.2) is 4.99 Å². The third-order valence-electron chi connectivity index (χ3n) is 5.31. The Morgan fingerprint density at radius 1 is 1.30 bits per heavy atom. The summed E-state index contributed by atoms with van der Waals surface area (Å²) >= 11 is 0. The summed E-state index contributed by atoms with van der Waals surface area (Å²) < 4.78 is 7.63. The van der Waals surface area contributed by atoms with Gasteiger partial charge < -0.3 is 15.1 Å². The van der Waals surface area contributed by atoms with Crippen LogP contribution in [0.3, 0.4) is 0 Å². The number of aryl methyl sites for hydroxylation is 2. The van der Waals surface area contributed by atoms with Crippen LogP contribution >= 0.6 is 0 Å². The van der Waals surface area contributed by atoms with Gasteiger partial charge in [0.15, 0.2) is 5.96 Å². The predicted octanol–water partition coefficient (Wildman–Crippen LogP) is 2.52. The molecule has 3 heterocycles. The second kappa shape index (κ2) is 9.08. The van der Waals surface area contributed by atoms with Crippen molar-refractivity contribution in [1.29, 1.82) is 0 Å². The highest BCUT2D eigenvalue weighted by molar-refractivity contribution is 5.79. The molecule has 0 aliphatic carbocycles. The molecule has 3 rings (SSSR count). The summed E-state index contributed by atoms with van der Waals surface area (Å²) in [7, 11) is 1.98. The molecule has 0 bridgehead atoms. The fourth-order valence-electron chi connectivity index (χ4n) is 3.68. The van der Waals surface area contributed by atoms with Gasteiger partial charge in [-0.05, 0) is 58.8 Å². The number of likely N-dealkylation sites (tertiary alicyclic amines) is 1. The zero-order valence-electron chi connectivity index (χ0n) is 17.0. The second-order valence-corrected chi connectivity index (χ2v) is 7.12. The summed E-state index contributed by atoms with van der Waals surface area (Å²) in [5.74, 6) is 1.84. The first-order valence-corrected chi connectivity index (χ1v) is 9.88. The highest BCUT2D eigenvalue weighted by Gasteiger charge is 2.25. The van der Waals surface area contributed by atoms with E-state index in [1.807, 2.05) is 24.7 Å². The lowest BCUT2D eigenvalue weighted by Crippen LogP contribution is -2.42. The summed E-state index contributed by atoms with van der Waals surface area (Å²) in [5, 5.41) is 11.3. The molecular weight excluding hydrogens is 340 g/mol. The molecule has 148 valence electrons. The first kappa shape index (κ1) is 19.5. The molecule has 1 saturated heterocycles. The number of guanidine groups is 1. The van der Waals surface area contributed by atoms with Crippen molar-refractivity contribution < 1.29 is 4.42 Å². The molecule has 0 saturated carbocycles. The van der Waals surface area contributed by atoms with Crippen molar-refractivity contribution in [2.45, 2.75) is 46.2 Å². The number of rotatable bonds is 7. The Labute approximate surface area is 161 Å². The monoisotopic (exact) mass is 372 g/mol. The standard InChI is InChI=1S/C20H32N6O/c1-5-21-20(22-13-17-15(2)24-25(4)16(17)3)23-14-18(19-9-8-12-27-19)26-10-6-7-11-26/h8-9,12,18H,5-7,10-11,13-14H2,1-4H3,(H2,21,22,23). The van der Waals surface area contributed by atoms with Crippen LogP contribution in [0.1, 0.15) is 48.5 Å². The molecule has 0 aromatic carbocycles. The van der Waals surface area contributed by atoms with Crippen LogP contribution in [0.2, 0.25) is 0 Å². The van der Waals surface area contributed by atoms with E-state index in [9.17, 15) is 0 Å². The van der Waals surface area contributed by atoms with E-state index in [0.717, 1.165) is 49.3 Å². The van der Waals surface area contributed by atoms with Gasteiger partial charge in [-0.2, -0.15) is 5.10 Å². The van der Waals surface area contributed by atoms with Crippen molar-refractivity contribution in [2.75, 3.05) is 26.2 Å². The van der Waals surface area contributed by atoms with Crippen molar-refractivity contribution in [3.8, 4) is 0 Å². The number of nitrogens with one attached hydrogen (secondary N) is 2. The minimum absolute atomic E-state index is 0.230. The molecule has 0 spiro atoms. The maximum atomic E-state index is 5.71. The molecule has 27 heavy (non-hydrogen) atoms. The molecule has 7 heteroatoms. The fourth-order valence-corrected chi connectivity index (χ4v) is 3.68. The Morgan fingerprint density at radius 3 is 2.67 bits per heavy atom. The van der Waals surface area contributed by atoms with E-state index in [2.05, 4.69) is 40.5 Å². The zero-order chi connectivity index (χ0) is 19.2. The number of nitrogens with zero attached hydrogens (tertiary/aromatic N) is 4. The van der Waals surface area contributed by atoms with Gasteiger partial charge in [-0.1, -0.05) is 0 Å². The predicted molar refractivity (Wildman–Crippen MR) is 108 cm³/mol. The van der Waals surface area contributed by atoms with Gasteiger partial charge in [0.05, 0.1) is 24.5 Å². The van der Waals surface area contributed by atoms with E-state index in [4.69, 9.17) is 9.41 Å². The summed E-state index contributed by atoms with van der Waals surface area (Å²) in [6, 6.07) is 4.26. The van der Waals surface area contributed by atoms with E-state index in [0.29, 0.717) is 6.54 Å². The second-order valence-electron chi connectivity index (χ2n) is 7.12. The van der Waals surface area contributed by atoms with Crippen LogP contribution in [0.4, 0.5) is 0 Å². The lowest BCUT2D eigenvalue weighted by Gasteiger charge is -2.26. The molecule has 1 unspecified atom stereocenters. The Kier molecular flexibility index (Phi) is 6.55. The van der Waals surface area contributed by atoms with Crippen LogP contribution in [-0.4, -0.2) is 46.8 Å². The molecule has 0 amide bonds. The molecule has 1 atom stereocenters. The summed E-state index contributed by atoms with van der Waals surface area (Å²) in [6.45, 7) is 10.7. The number of aliphatic imine (C=N–C) groups is 1. The normalized spacial score (nSPS) is 16.7. The lowest BCUT2D eigenvalue weighted by molar-refractivity contribution is 0.215. The van der Waals surface area contributed by atoms with Gasteiger partial charge in [0.2, 0.25) is 0 Å². The average molecular weight is 373 g/mol. The average Bonchev–Trinajstić information content (AvgIpc) is 3.39. The summed E-state index contributed by atoms with van der Waals surface area (Å²) in [5.41, 5.74) is 3.40. The van der Waals surface area contributed by atoms with E-state index < -0.39 is 0 Å². The molecule has 1 aliphatic rings. The number of hydrogen-bond acceptors (Lipinski definition) is 4. The molecule has 1 aliphatic heterocycles. The Bertz CT molecular complexity index is 743. The van der Waals surface area contributed by atoms with Crippen LogP contribution in [-0.2, 0) is 13.6 Å². The molecular formula is C20H32N6O. The molecule has 1 fully saturated rings. The van der Waals surface area contributed by atoms with Gasteiger partial charge in [0.1, 0.15) is 5.76 Å². The lowest BCUT2D eigenvalue weighted by atomic mass is 10.2. The fraction of sp³-hybridized carbons (Fsp3) is 0.600. The van der Waals surface area contributed by atoms with Gasteiger partial charge >= 0.3 is 0 Å². The van der Waals surface area contributed by atoms with Crippen molar-refractivity contribution in [3.05, 3.63) is 41.1 Å². The summed E-state index contributed by atoms with van der Waals surface area (Å²) in [6.07, 6.45) is 4.27. The van der Waals surface area contributed by atoms with E-state index in [-0.39, 0.29) is 6.04 Å². The van der Waals surface area contributed by atoms with Crippen LogP contribution in [0.15, 0.2) is 27.8 Å². The van der Waals surface area contributed by atoms with Gasteiger partial charge in [-0.15, -0.1) is 0 Å². The van der Waals surface area contributed by atoms with Crippen LogP contribution in [0, 0.1) is 13.8 Å². The quantitative estimate of drug-likeness (QED) is 0.577. The molecule has 7 nitrogen and oxygen atoms in total. The molecule has 2 aromatic heterocycles. The van der Waals surface area contributed by atoms with Gasteiger partial charge in [0.25, 0.3) is 0 Å². The minimum Gasteiger partial charge on any atom is -0.468 e. The maximum Gasteiger partial charge on any atom is 0.191 e. The van der Waals surface area contributed by atoms with Crippen LogP contribution in [0.5, 0.6) is 0 Å². The molecule has 2 N–H and O–H groups in total. The number of furan rings is 1. The Balaban J connectivity index is 1.69.